The van der Waals surface area contributed by atoms with Crippen LogP contribution in [0.15, 0.2) is 121 Å². The fraction of sp³-hybridized carbons (Fsp3) is 0.194. The number of carbonyl (C=O) groups excluding carboxylic acids is 1. The van der Waals surface area contributed by atoms with Crippen LogP contribution in [-0.2, 0) is 16.9 Å². The van der Waals surface area contributed by atoms with E-state index in [0.29, 0.717) is 5.69 Å². The molecule has 2 aliphatic rings. The van der Waals surface area contributed by atoms with Gasteiger partial charge in [-0.2, -0.15) is 0 Å². The van der Waals surface area contributed by atoms with Gasteiger partial charge in [0, 0.05) is 19.3 Å². The molecule has 0 unspecified atom stereocenters. The first-order valence-electron chi connectivity index (χ1n) is 14.2. The standard InChI is InChI=1S/C36H32N2O2/c39-35(40-26-27-14-4-1-5-15-27)34-24-29(37-22-12-3-13-23-37)25-38(34)36(28-16-6-2-7-17-28)32-20-10-8-18-30(32)31-19-9-11-21-33(31)36/h1-2,4-11,14-21,24-25H,3,12-13,22-23,26H2. The highest BCUT2D eigenvalue weighted by atomic mass is 16.5. The summed E-state index contributed by atoms with van der Waals surface area (Å²) in [5, 5.41) is 0. The Morgan fingerprint density at radius 1 is 0.700 bits per heavy atom. The van der Waals surface area contributed by atoms with E-state index in [1.54, 1.807) is 0 Å². The second kappa shape index (κ2) is 10.2. The summed E-state index contributed by atoms with van der Waals surface area (Å²) in [7, 11) is 0. The molecule has 1 aromatic heterocycles. The molecule has 0 radical (unpaired) electrons. The van der Waals surface area contributed by atoms with E-state index in [2.05, 4.69) is 88.5 Å². The van der Waals surface area contributed by atoms with Crippen molar-refractivity contribution in [2.75, 3.05) is 18.0 Å². The van der Waals surface area contributed by atoms with Gasteiger partial charge in [-0.1, -0.05) is 109 Å². The Hall–Kier alpha value is -4.57. The molecule has 0 bridgehead atoms. The molecule has 1 aliphatic carbocycles. The quantitative estimate of drug-likeness (QED) is 0.210. The Labute approximate surface area is 235 Å². The molecular formula is C36H32N2O2. The number of esters is 1. The van der Waals surface area contributed by atoms with Gasteiger partial charge >= 0.3 is 5.97 Å². The van der Waals surface area contributed by atoms with Crippen molar-refractivity contribution in [3.63, 3.8) is 0 Å². The van der Waals surface area contributed by atoms with E-state index in [4.69, 9.17) is 4.74 Å². The van der Waals surface area contributed by atoms with Crippen molar-refractivity contribution in [3.8, 4) is 11.1 Å². The molecule has 4 heteroatoms. The van der Waals surface area contributed by atoms with Crippen molar-refractivity contribution in [1.82, 2.24) is 4.57 Å². The molecule has 0 saturated carbocycles. The van der Waals surface area contributed by atoms with Gasteiger partial charge in [0.15, 0.2) is 0 Å². The van der Waals surface area contributed by atoms with Crippen LogP contribution in [0.4, 0.5) is 5.69 Å². The van der Waals surface area contributed by atoms with E-state index >= 15 is 0 Å². The molecule has 2 heterocycles. The van der Waals surface area contributed by atoms with Crippen molar-refractivity contribution in [2.45, 2.75) is 31.4 Å². The number of hydrogen-bond acceptors (Lipinski definition) is 3. The number of aromatic nitrogens is 1. The maximum absolute atomic E-state index is 14.0. The fourth-order valence-electron chi connectivity index (χ4n) is 6.61. The van der Waals surface area contributed by atoms with Crippen molar-refractivity contribution < 1.29 is 9.53 Å². The van der Waals surface area contributed by atoms with E-state index in [1.165, 1.54) is 28.7 Å². The predicted molar refractivity (Wildman–Crippen MR) is 160 cm³/mol. The number of fused-ring (bicyclic) bond motifs is 3. The van der Waals surface area contributed by atoms with Crippen molar-refractivity contribution in [2.24, 2.45) is 0 Å². The maximum Gasteiger partial charge on any atom is 0.355 e. The van der Waals surface area contributed by atoms with Gasteiger partial charge in [-0.3, -0.25) is 0 Å². The van der Waals surface area contributed by atoms with E-state index in [-0.39, 0.29) is 12.6 Å². The van der Waals surface area contributed by atoms with Gasteiger partial charge in [-0.15, -0.1) is 0 Å². The highest BCUT2D eigenvalue weighted by Gasteiger charge is 2.48. The minimum absolute atomic E-state index is 0.232. The highest BCUT2D eigenvalue weighted by Crippen LogP contribution is 2.54. The number of piperidine rings is 1. The Morgan fingerprint density at radius 3 is 1.93 bits per heavy atom. The molecule has 1 aliphatic heterocycles. The minimum atomic E-state index is -0.719. The number of hydrogen-bond donors (Lipinski definition) is 0. The smallest absolute Gasteiger partial charge is 0.355 e. The Bertz CT molecular complexity index is 1600. The topological polar surface area (TPSA) is 34.5 Å². The van der Waals surface area contributed by atoms with Crippen molar-refractivity contribution in [3.05, 3.63) is 149 Å². The lowest BCUT2D eigenvalue weighted by Crippen LogP contribution is -2.37. The number of anilines is 1. The predicted octanol–water partition coefficient (Wildman–Crippen LogP) is 7.66. The summed E-state index contributed by atoms with van der Waals surface area (Å²) in [6, 6.07) is 39.7. The number of benzene rings is 4. The lowest BCUT2D eigenvalue weighted by Gasteiger charge is -2.36. The summed E-state index contributed by atoms with van der Waals surface area (Å²) in [4.78, 5) is 16.4. The zero-order valence-electron chi connectivity index (χ0n) is 22.5. The van der Waals surface area contributed by atoms with Crippen molar-refractivity contribution >= 4 is 11.7 Å². The monoisotopic (exact) mass is 524 g/mol. The zero-order chi connectivity index (χ0) is 26.9. The van der Waals surface area contributed by atoms with E-state index < -0.39 is 5.54 Å². The molecule has 4 aromatic carbocycles. The number of rotatable bonds is 6. The number of nitrogens with zero attached hydrogens (tertiary/aromatic N) is 2. The summed E-state index contributed by atoms with van der Waals surface area (Å²) in [6.45, 7) is 2.22. The molecular weight excluding hydrogens is 492 g/mol. The molecule has 1 fully saturated rings. The van der Waals surface area contributed by atoms with Gasteiger partial charge in [-0.05, 0) is 58.7 Å². The van der Waals surface area contributed by atoms with Crippen LogP contribution in [0.25, 0.3) is 11.1 Å². The van der Waals surface area contributed by atoms with Crippen LogP contribution in [-0.4, -0.2) is 23.6 Å². The van der Waals surface area contributed by atoms with Crippen LogP contribution in [0.1, 0.15) is 52.0 Å². The molecule has 0 spiro atoms. The van der Waals surface area contributed by atoms with E-state index in [1.807, 2.05) is 42.5 Å². The fourth-order valence-corrected chi connectivity index (χ4v) is 6.61. The summed E-state index contributed by atoms with van der Waals surface area (Å²) in [5.41, 5.74) is 7.72. The molecule has 0 atom stereocenters. The van der Waals surface area contributed by atoms with Gasteiger partial charge in [0.05, 0.1) is 5.69 Å². The van der Waals surface area contributed by atoms with Gasteiger partial charge in [-0.25, -0.2) is 4.79 Å². The Balaban J connectivity index is 1.46. The number of carbonyl (C=O) groups is 1. The Morgan fingerprint density at radius 2 is 1.27 bits per heavy atom. The van der Waals surface area contributed by atoms with Gasteiger partial charge in [0.25, 0.3) is 0 Å². The van der Waals surface area contributed by atoms with Gasteiger partial charge < -0.3 is 14.2 Å². The van der Waals surface area contributed by atoms with Crippen LogP contribution in [0, 0.1) is 0 Å². The molecule has 1 saturated heterocycles. The van der Waals surface area contributed by atoms with Crippen LogP contribution in [0.3, 0.4) is 0 Å². The van der Waals surface area contributed by atoms with Crippen LogP contribution >= 0.6 is 0 Å². The summed E-state index contributed by atoms with van der Waals surface area (Å²) >= 11 is 0. The second-order valence-corrected chi connectivity index (χ2v) is 10.7. The average Bonchev–Trinajstić information content (AvgIpc) is 3.60. The molecule has 40 heavy (non-hydrogen) atoms. The largest absolute Gasteiger partial charge is 0.456 e. The second-order valence-electron chi connectivity index (χ2n) is 10.7. The van der Waals surface area contributed by atoms with Crippen molar-refractivity contribution in [1.29, 1.82) is 0 Å². The third kappa shape index (κ3) is 3.94. The van der Waals surface area contributed by atoms with E-state index in [0.717, 1.165) is 42.7 Å². The molecule has 0 N–H and O–H groups in total. The van der Waals surface area contributed by atoms with Gasteiger partial charge in [0.2, 0.25) is 0 Å². The van der Waals surface area contributed by atoms with E-state index in [9.17, 15) is 4.79 Å². The van der Waals surface area contributed by atoms with Crippen LogP contribution < -0.4 is 4.90 Å². The first kappa shape index (κ1) is 24.5. The summed E-state index contributed by atoms with van der Waals surface area (Å²) < 4.78 is 8.19. The zero-order valence-corrected chi connectivity index (χ0v) is 22.5. The first-order valence-corrected chi connectivity index (χ1v) is 14.2. The lowest BCUT2D eigenvalue weighted by molar-refractivity contribution is 0.0457. The third-order valence-corrected chi connectivity index (χ3v) is 8.43. The SMILES string of the molecule is O=C(OCc1ccccc1)c1cc(N2CCCCC2)cn1C1(c2ccccc2)c2ccccc2-c2ccccc21. The van der Waals surface area contributed by atoms with Crippen LogP contribution in [0.5, 0.6) is 0 Å². The summed E-state index contributed by atoms with van der Waals surface area (Å²) in [5.74, 6) is -0.315. The minimum Gasteiger partial charge on any atom is -0.456 e. The molecule has 0 amide bonds. The molecule has 198 valence electrons. The third-order valence-electron chi connectivity index (χ3n) is 8.43. The van der Waals surface area contributed by atoms with Gasteiger partial charge in [0.1, 0.15) is 17.8 Å². The normalized spacial score (nSPS) is 15.3. The highest BCUT2D eigenvalue weighted by molar-refractivity contribution is 5.91. The van der Waals surface area contributed by atoms with Crippen LogP contribution in [0.2, 0.25) is 0 Å². The maximum atomic E-state index is 14.0. The molecule has 5 aromatic rings. The number of ether oxygens (including phenoxy) is 1. The first-order chi connectivity index (χ1) is 19.8. The molecule has 7 rings (SSSR count). The lowest BCUT2D eigenvalue weighted by atomic mass is 9.80. The Kier molecular flexibility index (Phi) is 6.24. The molecule has 4 nitrogen and oxygen atoms in total. The summed E-state index contributed by atoms with van der Waals surface area (Å²) in [6.07, 6.45) is 5.76. The average molecular weight is 525 g/mol.